The molecule has 10 rings (SSSR count). The first-order chi connectivity index (χ1) is 29.3. The molecule has 10 fully saturated rings. The van der Waals surface area contributed by atoms with Gasteiger partial charge in [-0.3, -0.25) is 0 Å². The molecule has 6 aliphatic carbocycles. The molecule has 13 nitrogen and oxygen atoms in total. The van der Waals surface area contributed by atoms with E-state index in [-0.39, 0.29) is 72.2 Å². The number of hydrogen-bond acceptors (Lipinski definition) is 13. The third kappa shape index (κ3) is 9.26. The summed E-state index contributed by atoms with van der Waals surface area (Å²) in [5.74, 6) is 0.957. The van der Waals surface area contributed by atoms with Crippen LogP contribution in [0.4, 0.5) is 0 Å². The fourth-order valence-electron chi connectivity index (χ4n) is 13.4. The number of fused-ring (bicyclic) bond motifs is 8. The van der Waals surface area contributed by atoms with Crippen molar-refractivity contribution in [2.45, 2.75) is 187 Å². The minimum absolute atomic E-state index is 0.0537. The molecule has 6 saturated carbocycles. The van der Waals surface area contributed by atoms with E-state index in [2.05, 4.69) is 27.7 Å². The summed E-state index contributed by atoms with van der Waals surface area (Å²) in [5, 5.41) is 0. The molecule has 63 heavy (non-hydrogen) atoms. The maximum atomic E-state index is 7.48. The van der Waals surface area contributed by atoms with Crippen LogP contribution in [0.25, 0.3) is 0 Å². The molecule has 0 aromatic rings. The SMILES string of the molecule is CO[C@@]12CC(C)OC1[C@@]1(O[P+](C)(Cl)O[C@@H]3CC(C)OC[C@@]4(O[P+](C)(Cl)O[C@@]56CC(C)OC5[C@@]5(O[P+](C)(Cl)O[C@@H]7CC(C)OC[C@@]8(O[P+](C)(Cl)OC)C[C@H]8C7)C[C@H]5C6)C[C@H]4C3)C[C@H]1C2. The zero-order valence-electron chi connectivity index (χ0n) is 38.4. The normalized spacial score (nSPS) is 54.2. The summed E-state index contributed by atoms with van der Waals surface area (Å²) in [5.41, 5.74) is -3.12. The van der Waals surface area contributed by atoms with Crippen molar-refractivity contribution >= 4 is 73.2 Å². The second-order valence-corrected chi connectivity index (χ2v) is 36.8. The van der Waals surface area contributed by atoms with Crippen LogP contribution in [-0.4, -0.2) is 137 Å². The Hall–Kier alpha value is 2.36. The Morgan fingerprint density at radius 3 is 1.33 bits per heavy atom. The average molecular weight is 1050 g/mol. The molecule has 0 aromatic carbocycles. The van der Waals surface area contributed by atoms with E-state index in [1.54, 1.807) is 14.2 Å². The Bertz CT molecular complexity index is 1780. The summed E-state index contributed by atoms with van der Waals surface area (Å²) in [6.07, 6.45) is 8.64. The van der Waals surface area contributed by atoms with Crippen molar-refractivity contribution in [1.82, 2.24) is 0 Å². The summed E-state index contributed by atoms with van der Waals surface area (Å²) in [7, 11) is -7.73. The lowest BCUT2D eigenvalue weighted by Gasteiger charge is -2.35. The van der Waals surface area contributed by atoms with Crippen LogP contribution in [0.2, 0.25) is 0 Å². The third-order valence-electron chi connectivity index (χ3n) is 16.2. The minimum atomic E-state index is -2.96. The predicted octanol–water partition coefficient (Wildman–Crippen LogP) is 11.7. The maximum absolute atomic E-state index is 7.48. The van der Waals surface area contributed by atoms with Gasteiger partial charge in [0.25, 0.3) is 0 Å². The molecule has 0 aromatic heterocycles. The molecule has 0 radical (unpaired) electrons. The van der Waals surface area contributed by atoms with Crippen molar-refractivity contribution in [1.29, 1.82) is 0 Å². The molecule has 4 saturated heterocycles. The van der Waals surface area contributed by atoms with Gasteiger partial charge in [-0.25, -0.2) is 0 Å². The van der Waals surface area contributed by atoms with E-state index in [9.17, 15) is 0 Å². The molecule has 4 heterocycles. The zero-order chi connectivity index (χ0) is 45.0. The fourth-order valence-corrected chi connectivity index (χ4v) is 22.3. The first-order valence-electron chi connectivity index (χ1n) is 23.1. The summed E-state index contributed by atoms with van der Waals surface area (Å²) >= 11 is 28.7. The molecule has 0 bridgehead atoms. The second-order valence-electron chi connectivity index (χ2n) is 21.7. The molecule has 360 valence electrons. The summed E-state index contributed by atoms with van der Waals surface area (Å²) in [4.78, 5) is 0. The van der Waals surface area contributed by atoms with Crippen LogP contribution in [0.3, 0.4) is 0 Å². The predicted molar refractivity (Wildman–Crippen MR) is 249 cm³/mol. The van der Waals surface area contributed by atoms with Gasteiger partial charge in [-0.15, -0.1) is 0 Å². The average Bonchev–Trinajstić information content (AvgIpc) is 4.10. The number of ether oxygens (including phenoxy) is 5. The molecule has 22 atom stereocenters. The first-order valence-corrected chi connectivity index (χ1v) is 35.0. The van der Waals surface area contributed by atoms with E-state index in [1.807, 2.05) is 26.7 Å². The molecule has 0 amide bonds. The van der Waals surface area contributed by atoms with Crippen LogP contribution >= 0.6 is 73.2 Å². The van der Waals surface area contributed by atoms with E-state index in [0.717, 1.165) is 57.8 Å². The van der Waals surface area contributed by atoms with Gasteiger partial charge in [-0.1, -0.05) is 0 Å². The van der Waals surface area contributed by atoms with Crippen molar-refractivity contribution in [3.05, 3.63) is 0 Å². The number of rotatable bonds is 16. The fraction of sp³-hybridized carbons (Fsp3) is 1.00. The molecule has 4 aliphatic heterocycles. The van der Waals surface area contributed by atoms with Crippen LogP contribution in [0, 0.1) is 23.7 Å². The molecule has 10 unspecified atom stereocenters. The van der Waals surface area contributed by atoms with Crippen molar-refractivity contribution in [2.75, 3.05) is 54.1 Å². The Balaban J connectivity index is 0.774. The van der Waals surface area contributed by atoms with Crippen molar-refractivity contribution in [3.8, 4) is 0 Å². The van der Waals surface area contributed by atoms with Gasteiger partial charge in [0.2, 0.25) is 0 Å². The van der Waals surface area contributed by atoms with Crippen LogP contribution < -0.4 is 0 Å². The smallest absolute Gasteiger partial charge is 0.369 e. The lowest BCUT2D eigenvalue weighted by Crippen LogP contribution is -2.45. The Morgan fingerprint density at radius 2 is 0.857 bits per heavy atom. The third-order valence-corrected chi connectivity index (χ3v) is 23.5. The van der Waals surface area contributed by atoms with Gasteiger partial charge in [-0.2, -0.15) is 36.2 Å². The van der Waals surface area contributed by atoms with Crippen molar-refractivity contribution in [2.24, 2.45) is 23.7 Å². The van der Waals surface area contributed by atoms with Crippen LogP contribution in [-0.2, 0) is 59.9 Å². The minimum Gasteiger partial charge on any atom is -0.375 e. The van der Waals surface area contributed by atoms with E-state index in [4.69, 9.17) is 105 Å². The quantitative estimate of drug-likeness (QED) is 0.137. The topological polar surface area (TPSA) is 120 Å². The first kappa shape index (κ1) is 49.0. The van der Waals surface area contributed by atoms with Crippen LogP contribution in [0.15, 0.2) is 0 Å². The maximum Gasteiger partial charge on any atom is 0.369 e. The van der Waals surface area contributed by atoms with Gasteiger partial charge in [0.05, 0.1) is 50.3 Å². The van der Waals surface area contributed by atoms with Gasteiger partial charge in [0, 0.05) is 56.5 Å². The monoisotopic (exact) mass is 1050 g/mol. The van der Waals surface area contributed by atoms with Crippen LogP contribution in [0.1, 0.15) is 105 Å². The highest BCUT2D eigenvalue weighted by Gasteiger charge is 2.84. The highest BCUT2D eigenvalue weighted by Crippen LogP contribution is 2.82. The van der Waals surface area contributed by atoms with Gasteiger partial charge in [0.15, 0.2) is 45.0 Å². The standard InChI is InChI=1S/C42H70Cl4O13P4/c1-25-11-33(13-29-17-39(29,23-49-25)56-60(7,43)48-6)54-62(9,45)59-42-22-32(42)20-38(16-28(4)52-36(38)42)55-63(10,46)57-40-18-30(40)14-34(12-26(2)50-24-40)53-61(8,44)58-41-21-31(41)19-37(47-5)15-27(3)51-35(37)41/h25-36H,11-24H2,1-10H3/q+4/t25?,26?,27?,28?,29-,30-,31-,32-,33-,34-,35?,36?,37-,38-,39+,40+,41-,42-,60?,61?,62?,63?/m1/s1. The Kier molecular flexibility index (Phi) is 12.8. The Labute approximate surface area is 396 Å². The molecular weight excluding hydrogens is 978 g/mol. The Morgan fingerprint density at radius 1 is 0.444 bits per heavy atom. The van der Waals surface area contributed by atoms with E-state index < -0.39 is 56.3 Å². The highest BCUT2D eigenvalue weighted by atomic mass is 35.7. The number of hydrogen-bond donors (Lipinski definition) is 0. The molecule has 0 N–H and O–H groups in total. The lowest BCUT2D eigenvalue weighted by molar-refractivity contribution is -0.104. The zero-order valence-corrected chi connectivity index (χ0v) is 45.0. The molecule has 10 aliphatic rings. The van der Waals surface area contributed by atoms with Gasteiger partial charge >= 0.3 is 28.3 Å². The van der Waals surface area contributed by atoms with Gasteiger partial charge in [-0.05, 0) is 79.1 Å². The second kappa shape index (κ2) is 16.4. The van der Waals surface area contributed by atoms with E-state index in [1.165, 1.54) is 0 Å². The largest absolute Gasteiger partial charge is 0.375 e. The molecule has 0 spiro atoms. The highest BCUT2D eigenvalue weighted by molar-refractivity contribution is 7.92. The van der Waals surface area contributed by atoms with Gasteiger partial charge in [0.1, 0.15) is 79.1 Å². The van der Waals surface area contributed by atoms with Crippen LogP contribution in [0.5, 0.6) is 0 Å². The lowest BCUT2D eigenvalue weighted by atomic mass is 9.91. The number of methoxy groups -OCH3 is 1. The summed E-state index contributed by atoms with van der Waals surface area (Å²) < 4.78 is 85.4. The van der Waals surface area contributed by atoms with Gasteiger partial charge < -0.3 is 23.7 Å². The molecular formula is C42H70Cl4O13P4+4. The number of halogens is 4. The van der Waals surface area contributed by atoms with E-state index in [0.29, 0.717) is 38.4 Å². The van der Waals surface area contributed by atoms with Crippen molar-refractivity contribution < 1.29 is 59.9 Å². The molecule has 21 heteroatoms. The van der Waals surface area contributed by atoms with Crippen molar-refractivity contribution in [3.63, 3.8) is 0 Å². The summed E-state index contributed by atoms with van der Waals surface area (Å²) in [6, 6.07) is 0. The summed E-state index contributed by atoms with van der Waals surface area (Å²) in [6.45, 7) is 16.8. The van der Waals surface area contributed by atoms with E-state index >= 15 is 0 Å².